The van der Waals surface area contributed by atoms with Crippen molar-refractivity contribution in [2.75, 3.05) is 26.4 Å². The molecule has 0 unspecified atom stereocenters. The highest BCUT2D eigenvalue weighted by atomic mass is 32.2. The van der Waals surface area contributed by atoms with Gasteiger partial charge in [0.1, 0.15) is 0 Å². The van der Waals surface area contributed by atoms with Gasteiger partial charge in [-0.05, 0) is 44.7 Å². The second kappa shape index (κ2) is 9.89. The van der Waals surface area contributed by atoms with E-state index in [0.29, 0.717) is 0 Å². The number of ether oxygens (including phenoxy) is 2. The quantitative estimate of drug-likeness (QED) is 0.807. The van der Waals surface area contributed by atoms with Crippen LogP contribution in [-0.4, -0.2) is 39.4 Å². The largest absolute Gasteiger partial charge is 0.381 e. The summed E-state index contributed by atoms with van der Waals surface area (Å²) in [6.07, 6.45) is 5.11. The molecule has 0 aromatic heterocycles. The van der Waals surface area contributed by atoms with Crippen molar-refractivity contribution in [2.24, 2.45) is 0 Å². The molecular weight excluding hydrogens is 292 g/mol. The summed E-state index contributed by atoms with van der Waals surface area (Å²) in [5, 5.41) is 0. The van der Waals surface area contributed by atoms with Crippen molar-refractivity contribution < 1.29 is 22.4 Å². The lowest BCUT2D eigenvalue weighted by Crippen LogP contribution is -1.96. The average Bonchev–Trinajstić information content (AvgIpc) is 3.17. The molecule has 1 aromatic carbocycles. The summed E-state index contributed by atoms with van der Waals surface area (Å²) in [4.78, 5) is -0.0666. The van der Waals surface area contributed by atoms with Crippen LogP contribution in [-0.2, 0) is 19.6 Å². The van der Waals surface area contributed by atoms with Gasteiger partial charge in [-0.2, -0.15) is 8.42 Å². The van der Waals surface area contributed by atoms with Gasteiger partial charge < -0.3 is 9.47 Å². The highest BCUT2D eigenvalue weighted by Gasteiger charge is 2.06. The zero-order valence-electron chi connectivity index (χ0n) is 12.5. The predicted molar refractivity (Wildman–Crippen MR) is 81.1 cm³/mol. The molecule has 0 amide bonds. The summed E-state index contributed by atoms with van der Waals surface area (Å²) in [6, 6.07) is 5.99. The Balaban J connectivity index is 0.000000181. The number of hydrogen-bond acceptors (Lipinski definition) is 4. The van der Waals surface area contributed by atoms with E-state index in [1.807, 2.05) is 6.92 Å². The van der Waals surface area contributed by atoms with Crippen LogP contribution in [0.25, 0.3) is 0 Å². The van der Waals surface area contributed by atoms with Gasteiger partial charge in [-0.25, -0.2) is 0 Å². The molecule has 2 heterocycles. The molecule has 2 aliphatic heterocycles. The molecule has 21 heavy (non-hydrogen) atoms. The molecule has 0 bridgehead atoms. The molecule has 1 N–H and O–H groups in total. The minimum atomic E-state index is -4.02. The second-order valence-corrected chi connectivity index (χ2v) is 6.35. The molecule has 5 nitrogen and oxygen atoms in total. The van der Waals surface area contributed by atoms with Gasteiger partial charge in [0.05, 0.1) is 4.90 Å². The van der Waals surface area contributed by atoms with Gasteiger partial charge in [0.15, 0.2) is 0 Å². The lowest BCUT2D eigenvalue weighted by Gasteiger charge is -1.95. The van der Waals surface area contributed by atoms with Crippen molar-refractivity contribution in [2.45, 2.75) is 37.5 Å². The lowest BCUT2D eigenvalue weighted by atomic mass is 10.2. The van der Waals surface area contributed by atoms with Crippen molar-refractivity contribution in [1.82, 2.24) is 0 Å². The van der Waals surface area contributed by atoms with Crippen molar-refractivity contribution in [3.8, 4) is 0 Å². The van der Waals surface area contributed by atoms with Crippen molar-refractivity contribution >= 4 is 10.1 Å². The van der Waals surface area contributed by atoms with Crippen LogP contribution < -0.4 is 0 Å². The van der Waals surface area contributed by atoms with E-state index in [2.05, 4.69) is 0 Å². The van der Waals surface area contributed by atoms with Crippen LogP contribution in [0.3, 0.4) is 0 Å². The Labute approximate surface area is 127 Å². The van der Waals surface area contributed by atoms with Crippen molar-refractivity contribution in [3.05, 3.63) is 29.8 Å². The third kappa shape index (κ3) is 8.83. The summed E-state index contributed by atoms with van der Waals surface area (Å²) in [5.74, 6) is 0. The molecule has 0 saturated carbocycles. The Bertz CT molecular complexity index is 448. The standard InChI is InChI=1S/C7H8O3S.2C4H8O/c1-6-2-4-7(5-3-6)11(8,9)10;2*1-2-4-5-3-1/h2-5H,1H3,(H,8,9,10);2*1-4H2. The molecular formula is C15H24O5S. The number of aryl methyl sites for hydroxylation is 1. The van der Waals surface area contributed by atoms with Crippen LogP contribution >= 0.6 is 0 Å². The first-order valence-corrected chi connectivity index (χ1v) is 8.64. The van der Waals surface area contributed by atoms with Crippen LogP contribution in [0.15, 0.2) is 29.2 Å². The summed E-state index contributed by atoms with van der Waals surface area (Å²) >= 11 is 0. The summed E-state index contributed by atoms with van der Waals surface area (Å²) < 4.78 is 39.4. The van der Waals surface area contributed by atoms with E-state index < -0.39 is 10.1 Å². The maximum atomic E-state index is 10.5. The van der Waals surface area contributed by atoms with Crippen molar-refractivity contribution in [1.29, 1.82) is 0 Å². The molecule has 6 heteroatoms. The molecule has 3 rings (SSSR count). The van der Waals surface area contributed by atoms with E-state index in [4.69, 9.17) is 14.0 Å². The first kappa shape index (κ1) is 18.1. The zero-order chi connectivity index (χ0) is 15.6. The third-order valence-corrected chi connectivity index (χ3v) is 3.84. The Morgan fingerprint density at radius 3 is 1.48 bits per heavy atom. The van der Waals surface area contributed by atoms with Gasteiger partial charge in [-0.15, -0.1) is 0 Å². The molecule has 0 atom stereocenters. The Hall–Kier alpha value is -0.950. The lowest BCUT2D eigenvalue weighted by molar-refractivity contribution is 0.198. The molecule has 2 fully saturated rings. The Morgan fingerprint density at radius 2 is 1.24 bits per heavy atom. The van der Waals surface area contributed by atoms with Gasteiger partial charge in [0.25, 0.3) is 10.1 Å². The van der Waals surface area contributed by atoms with E-state index >= 15 is 0 Å². The predicted octanol–water partition coefficient (Wildman–Crippen LogP) is 2.84. The number of benzene rings is 1. The van der Waals surface area contributed by atoms with Crippen LogP contribution in [0.1, 0.15) is 31.2 Å². The second-order valence-electron chi connectivity index (χ2n) is 4.93. The van der Waals surface area contributed by atoms with E-state index in [1.165, 1.54) is 37.8 Å². The van der Waals surface area contributed by atoms with Crippen LogP contribution in [0.4, 0.5) is 0 Å². The van der Waals surface area contributed by atoms with E-state index in [9.17, 15) is 8.42 Å². The molecule has 2 saturated heterocycles. The van der Waals surface area contributed by atoms with E-state index in [0.717, 1.165) is 32.0 Å². The van der Waals surface area contributed by atoms with Gasteiger partial charge in [-0.1, -0.05) is 17.7 Å². The van der Waals surface area contributed by atoms with Gasteiger partial charge in [0.2, 0.25) is 0 Å². The highest BCUT2D eigenvalue weighted by Crippen LogP contribution is 2.08. The van der Waals surface area contributed by atoms with E-state index in [1.54, 1.807) is 12.1 Å². The van der Waals surface area contributed by atoms with Crippen LogP contribution in [0.5, 0.6) is 0 Å². The SMILES string of the molecule is C1CCOC1.C1CCOC1.Cc1ccc(S(=O)(=O)O)cc1. The normalized spacial score (nSPS) is 17.4. The third-order valence-electron chi connectivity index (χ3n) is 2.97. The van der Waals surface area contributed by atoms with Gasteiger partial charge >= 0.3 is 0 Å². The van der Waals surface area contributed by atoms with Gasteiger partial charge in [0, 0.05) is 26.4 Å². The maximum Gasteiger partial charge on any atom is 0.294 e. The Kier molecular flexibility index (Phi) is 8.52. The minimum Gasteiger partial charge on any atom is -0.381 e. The van der Waals surface area contributed by atoms with Crippen LogP contribution in [0.2, 0.25) is 0 Å². The molecule has 120 valence electrons. The maximum absolute atomic E-state index is 10.5. The minimum absolute atomic E-state index is 0.0666. The number of rotatable bonds is 1. The fraction of sp³-hybridized carbons (Fsp3) is 0.600. The zero-order valence-corrected chi connectivity index (χ0v) is 13.3. The summed E-state index contributed by atoms with van der Waals surface area (Å²) in [5.41, 5.74) is 0.956. The van der Waals surface area contributed by atoms with Crippen molar-refractivity contribution in [3.63, 3.8) is 0 Å². The highest BCUT2D eigenvalue weighted by molar-refractivity contribution is 7.85. The molecule has 1 aromatic rings. The molecule has 0 aliphatic carbocycles. The first-order valence-electron chi connectivity index (χ1n) is 7.20. The summed E-state index contributed by atoms with van der Waals surface area (Å²) in [7, 11) is -4.02. The molecule has 2 aliphatic rings. The fourth-order valence-electron chi connectivity index (χ4n) is 1.73. The number of hydrogen-bond donors (Lipinski definition) is 1. The van der Waals surface area contributed by atoms with E-state index in [-0.39, 0.29) is 4.90 Å². The molecule has 0 spiro atoms. The monoisotopic (exact) mass is 316 g/mol. The summed E-state index contributed by atoms with van der Waals surface area (Å²) in [6.45, 7) is 5.84. The first-order chi connectivity index (χ1) is 10.00. The smallest absolute Gasteiger partial charge is 0.294 e. The molecule has 0 radical (unpaired) electrons. The van der Waals surface area contributed by atoms with Gasteiger partial charge in [-0.3, -0.25) is 4.55 Å². The topological polar surface area (TPSA) is 72.8 Å². The average molecular weight is 316 g/mol. The fourth-order valence-corrected chi connectivity index (χ4v) is 2.21. The Morgan fingerprint density at radius 1 is 0.857 bits per heavy atom. The van der Waals surface area contributed by atoms with Crippen LogP contribution in [0, 0.1) is 6.92 Å².